The van der Waals surface area contributed by atoms with Gasteiger partial charge in [0.2, 0.25) is 5.91 Å². The highest BCUT2D eigenvalue weighted by Crippen LogP contribution is 2.31. The van der Waals surface area contributed by atoms with E-state index in [2.05, 4.69) is 37.2 Å². The molecule has 1 unspecified atom stereocenters. The summed E-state index contributed by atoms with van der Waals surface area (Å²) in [6.07, 6.45) is 0.563. The molecule has 1 atom stereocenters. The summed E-state index contributed by atoms with van der Waals surface area (Å²) < 4.78 is 6.00. The van der Waals surface area contributed by atoms with Crippen molar-refractivity contribution >= 4 is 49.4 Å². The number of ether oxygens (including phenoxy) is 1. The number of hydrogen-bond donors (Lipinski definition) is 2. The number of hydrogen-bond acceptors (Lipinski definition) is 4. The minimum Gasteiger partial charge on any atom is -0.465 e. The third-order valence-electron chi connectivity index (χ3n) is 2.77. The van der Waals surface area contributed by atoms with Gasteiger partial charge in [0.05, 0.1) is 24.4 Å². The molecule has 0 aliphatic rings. The quantitative estimate of drug-likeness (QED) is 0.714. The van der Waals surface area contributed by atoms with Crippen molar-refractivity contribution in [3.8, 4) is 0 Å². The lowest BCUT2D eigenvalue weighted by Gasteiger charge is -2.17. The molecule has 116 valence electrons. The maximum atomic E-state index is 12.1. The van der Waals surface area contributed by atoms with Gasteiger partial charge >= 0.3 is 5.97 Å². The lowest BCUT2D eigenvalue weighted by atomic mass is 10.0. The maximum Gasteiger partial charge on any atom is 0.340 e. The summed E-state index contributed by atoms with van der Waals surface area (Å²) in [5.41, 5.74) is 6.46. The molecule has 1 amide bonds. The first-order valence-corrected chi connectivity index (χ1v) is 7.98. The fourth-order valence-electron chi connectivity index (χ4n) is 1.80. The minimum absolute atomic E-state index is 0.254. The molecule has 0 saturated carbocycles. The second-order valence-corrected chi connectivity index (χ2v) is 6.80. The zero-order valence-corrected chi connectivity index (χ0v) is 15.2. The number of amides is 1. The molecule has 0 aliphatic carbocycles. The molecular formula is C14H18Br2N2O3. The summed E-state index contributed by atoms with van der Waals surface area (Å²) in [7, 11) is 1.28. The van der Waals surface area contributed by atoms with Gasteiger partial charge in [0.15, 0.2) is 0 Å². The number of anilines is 1. The van der Waals surface area contributed by atoms with Gasteiger partial charge in [-0.1, -0.05) is 29.8 Å². The normalized spacial score (nSPS) is 12.1. The van der Waals surface area contributed by atoms with E-state index in [9.17, 15) is 9.59 Å². The molecule has 0 aromatic heterocycles. The summed E-state index contributed by atoms with van der Waals surface area (Å²) >= 11 is 6.63. The number of rotatable bonds is 5. The second kappa shape index (κ2) is 7.91. The predicted octanol–water partition coefficient (Wildman–Crippen LogP) is 3.31. The van der Waals surface area contributed by atoms with Gasteiger partial charge in [0.1, 0.15) is 0 Å². The van der Waals surface area contributed by atoms with Crippen LogP contribution in [0.5, 0.6) is 0 Å². The molecule has 1 aromatic carbocycles. The van der Waals surface area contributed by atoms with Crippen molar-refractivity contribution in [2.24, 2.45) is 11.7 Å². The van der Waals surface area contributed by atoms with Gasteiger partial charge in [0, 0.05) is 8.95 Å². The number of methoxy groups -OCH3 is 1. The SMILES string of the molecule is COC(=O)c1cc(Br)cc(Br)c1NC(=O)C(N)CC(C)C. The molecule has 0 spiro atoms. The van der Waals surface area contributed by atoms with E-state index in [1.807, 2.05) is 13.8 Å². The molecule has 7 heteroatoms. The van der Waals surface area contributed by atoms with E-state index in [1.54, 1.807) is 12.1 Å². The first-order chi connectivity index (χ1) is 9.76. The van der Waals surface area contributed by atoms with E-state index >= 15 is 0 Å². The molecule has 1 rings (SSSR count). The summed E-state index contributed by atoms with van der Waals surface area (Å²) in [4.78, 5) is 23.9. The zero-order valence-electron chi connectivity index (χ0n) is 12.1. The van der Waals surface area contributed by atoms with Crippen molar-refractivity contribution in [1.29, 1.82) is 0 Å². The highest BCUT2D eigenvalue weighted by Gasteiger charge is 2.21. The predicted molar refractivity (Wildman–Crippen MR) is 89.2 cm³/mol. The molecule has 0 heterocycles. The number of nitrogens with two attached hydrogens (primary N) is 1. The molecule has 21 heavy (non-hydrogen) atoms. The molecule has 0 radical (unpaired) electrons. The van der Waals surface area contributed by atoms with Crippen LogP contribution in [-0.4, -0.2) is 25.0 Å². The second-order valence-electron chi connectivity index (χ2n) is 5.03. The molecule has 0 fully saturated rings. The van der Waals surface area contributed by atoms with Crippen LogP contribution in [-0.2, 0) is 9.53 Å². The smallest absolute Gasteiger partial charge is 0.340 e. The number of carbonyl (C=O) groups is 2. The highest BCUT2D eigenvalue weighted by molar-refractivity contribution is 9.11. The molecule has 0 saturated heterocycles. The first-order valence-electron chi connectivity index (χ1n) is 6.40. The van der Waals surface area contributed by atoms with Crippen LogP contribution >= 0.6 is 31.9 Å². The van der Waals surface area contributed by atoms with E-state index in [0.717, 1.165) is 0 Å². The Bertz CT molecular complexity index is 547. The Morgan fingerprint density at radius 1 is 1.33 bits per heavy atom. The standard InChI is InChI=1S/C14H18Br2N2O3/c1-7(2)4-11(17)13(19)18-12-9(14(20)21-3)5-8(15)6-10(12)16/h5-7,11H,4,17H2,1-3H3,(H,18,19). The fourth-order valence-corrected chi connectivity index (χ4v) is 3.13. The topological polar surface area (TPSA) is 81.4 Å². The van der Waals surface area contributed by atoms with Crippen LogP contribution < -0.4 is 11.1 Å². The Morgan fingerprint density at radius 2 is 1.95 bits per heavy atom. The van der Waals surface area contributed by atoms with E-state index in [-0.39, 0.29) is 11.5 Å². The number of halogens is 2. The van der Waals surface area contributed by atoms with Crippen LogP contribution in [0, 0.1) is 5.92 Å². The van der Waals surface area contributed by atoms with Gasteiger partial charge in [-0.25, -0.2) is 4.79 Å². The van der Waals surface area contributed by atoms with Crippen LogP contribution in [0.1, 0.15) is 30.6 Å². The van der Waals surface area contributed by atoms with Gasteiger partial charge in [-0.05, 0) is 40.4 Å². The van der Waals surface area contributed by atoms with Gasteiger partial charge < -0.3 is 15.8 Å². The fraction of sp³-hybridized carbons (Fsp3) is 0.429. The van der Waals surface area contributed by atoms with E-state index in [4.69, 9.17) is 10.5 Å². The molecule has 1 aromatic rings. The van der Waals surface area contributed by atoms with Crippen molar-refractivity contribution in [3.63, 3.8) is 0 Å². The van der Waals surface area contributed by atoms with E-state index in [0.29, 0.717) is 27.0 Å². The number of benzene rings is 1. The summed E-state index contributed by atoms with van der Waals surface area (Å²) in [6, 6.07) is 2.68. The average Bonchev–Trinajstić information content (AvgIpc) is 2.39. The molecule has 0 bridgehead atoms. The minimum atomic E-state index is -0.633. The van der Waals surface area contributed by atoms with Crippen LogP contribution in [0.2, 0.25) is 0 Å². The first kappa shape index (κ1) is 18.1. The summed E-state index contributed by atoms with van der Waals surface area (Å²) in [5, 5.41) is 2.69. The van der Waals surface area contributed by atoms with Crippen molar-refractivity contribution in [1.82, 2.24) is 0 Å². The van der Waals surface area contributed by atoms with Crippen LogP contribution in [0.25, 0.3) is 0 Å². The van der Waals surface area contributed by atoms with Crippen molar-refractivity contribution in [2.45, 2.75) is 26.3 Å². The monoisotopic (exact) mass is 420 g/mol. The number of carbonyl (C=O) groups excluding carboxylic acids is 2. The van der Waals surface area contributed by atoms with Crippen LogP contribution in [0.15, 0.2) is 21.1 Å². The van der Waals surface area contributed by atoms with Gasteiger partial charge in [0.25, 0.3) is 0 Å². The zero-order chi connectivity index (χ0) is 16.2. The lowest BCUT2D eigenvalue weighted by molar-refractivity contribution is -0.117. The van der Waals surface area contributed by atoms with Crippen molar-refractivity contribution < 1.29 is 14.3 Å². The Morgan fingerprint density at radius 3 is 2.48 bits per heavy atom. The van der Waals surface area contributed by atoms with Gasteiger partial charge in [-0.3, -0.25) is 4.79 Å². The maximum absolute atomic E-state index is 12.1. The highest BCUT2D eigenvalue weighted by atomic mass is 79.9. The molecular weight excluding hydrogens is 404 g/mol. The van der Waals surface area contributed by atoms with Crippen molar-refractivity contribution in [2.75, 3.05) is 12.4 Å². The largest absolute Gasteiger partial charge is 0.465 e. The summed E-state index contributed by atoms with van der Waals surface area (Å²) in [5.74, 6) is -0.569. The van der Waals surface area contributed by atoms with Crippen LogP contribution in [0.4, 0.5) is 5.69 Å². The molecule has 3 N–H and O–H groups in total. The molecule has 5 nitrogen and oxygen atoms in total. The van der Waals surface area contributed by atoms with Crippen LogP contribution in [0.3, 0.4) is 0 Å². The number of esters is 1. The third kappa shape index (κ3) is 5.09. The Balaban J connectivity index is 3.07. The van der Waals surface area contributed by atoms with Gasteiger partial charge in [-0.2, -0.15) is 0 Å². The van der Waals surface area contributed by atoms with Crippen molar-refractivity contribution in [3.05, 3.63) is 26.6 Å². The number of nitrogens with one attached hydrogen (secondary N) is 1. The average molecular weight is 422 g/mol. The van der Waals surface area contributed by atoms with E-state index in [1.165, 1.54) is 7.11 Å². The summed E-state index contributed by atoms with van der Waals surface area (Å²) in [6.45, 7) is 3.98. The lowest BCUT2D eigenvalue weighted by Crippen LogP contribution is -2.37. The Hall–Kier alpha value is -0.920. The third-order valence-corrected chi connectivity index (χ3v) is 3.85. The Labute approximate surface area is 140 Å². The van der Waals surface area contributed by atoms with Gasteiger partial charge in [-0.15, -0.1) is 0 Å². The Kier molecular flexibility index (Phi) is 6.83. The van der Waals surface area contributed by atoms with E-state index < -0.39 is 12.0 Å². The molecule has 0 aliphatic heterocycles.